The molecule has 0 saturated carbocycles. The first-order valence-corrected chi connectivity index (χ1v) is 6.20. The lowest BCUT2D eigenvalue weighted by Gasteiger charge is -2.10. The van der Waals surface area contributed by atoms with Gasteiger partial charge in [-0.3, -0.25) is 4.68 Å². The molecule has 0 aliphatic heterocycles. The van der Waals surface area contributed by atoms with Crippen molar-refractivity contribution in [3.05, 3.63) is 34.3 Å². The van der Waals surface area contributed by atoms with Crippen LogP contribution in [0.4, 0.5) is 5.82 Å². The van der Waals surface area contributed by atoms with Crippen molar-refractivity contribution in [3.8, 4) is 0 Å². The predicted molar refractivity (Wildman–Crippen MR) is 73.7 cm³/mol. The standard InChI is InChI=1S/C13H17N5O2/c1-7-8(2)15-16-12(11(7)13(19)20)14-5-10-6-18(4)17-9(10)3/h6H,5H2,1-4H3,(H,14,16)(H,19,20). The zero-order valence-electron chi connectivity index (χ0n) is 11.9. The van der Waals surface area contributed by atoms with Crippen LogP contribution in [0.5, 0.6) is 0 Å². The monoisotopic (exact) mass is 275 g/mol. The number of anilines is 1. The largest absolute Gasteiger partial charge is 0.478 e. The van der Waals surface area contributed by atoms with Crippen LogP contribution in [0, 0.1) is 20.8 Å². The van der Waals surface area contributed by atoms with Gasteiger partial charge in [0.2, 0.25) is 0 Å². The van der Waals surface area contributed by atoms with Crippen LogP contribution in [-0.4, -0.2) is 31.1 Å². The molecule has 0 bridgehead atoms. The Morgan fingerprint density at radius 3 is 2.55 bits per heavy atom. The number of aromatic carboxylic acids is 1. The van der Waals surface area contributed by atoms with Crippen LogP contribution in [0.15, 0.2) is 6.20 Å². The Morgan fingerprint density at radius 1 is 1.30 bits per heavy atom. The molecule has 0 fully saturated rings. The molecule has 7 nitrogen and oxygen atoms in total. The first-order chi connectivity index (χ1) is 9.40. The van der Waals surface area contributed by atoms with Gasteiger partial charge in [0.05, 0.1) is 11.4 Å². The number of carboxylic acid groups (broad SMARTS) is 1. The van der Waals surface area contributed by atoms with Crippen LogP contribution in [0.2, 0.25) is 0 Å². The third-order valence-corrected chi connectivity index (χ3v) is 3.23. The molecule has 0 aromatic carbocycles. The minimum atomic E-state index is -1.01. The van der Waals surface area contributed by atoms with Gasteiger partial charge in [0.15, 0.2) is 5.82 Å². The molecular formula is C13H17N5O2. The SMILES string of the molecule is Cc1nn(C)cc1CNc1nnc(C)c(C)c1C(=O)O. The van der Waals surface area contributed by atoms with Gasteiger partial charge in [0.25, 0.3) is 0 Å². The smallest absolute Gasteiger partial charge is 0.339 e. The first-order valence-electron chi connectivity index (χ1n) is 6.20. The summed E-state index contributed by atoms with van der Waals surface area (Å²) in [6.45, 7) is 5.83. The van der Waals surface area contributed by atoms with Crippen LogP contribution in [0.25, 0.3) is 0 Å². The van der Waals surface area contributed by atoms with E-state index < -0.39 is 5.97 Å². The Morgan fingerprint density at radius 2 is 2.00 bits per heavy atom. The third-order valence-electron chi connectivity index (χ3n) is 3.23. The van der Waals surface area contributed by atoms with Crippen molar-refractivity contribution in [2.75, 3.05) is 5.32 Å². The molecule has 106 valence electrons. The Labute approximate surface area is 116 Å². The van der Waals surface area contributed by atoms with E-state index in [-0.39, 0.29) is 11.4 Å². The summed E-state index contributed by atoms with van der Waals surface area (Å²) in [4.78, 5) is 11.4. The van der Waals surface area contributed by atoms with Crippen molar-refractivity contribution in [3.63, 3.8) is 0 Å². The van der Waals surface area contributed by atoms with Crippen LogP contribution in [0.1, 0.15) is 32.9 Å². The number of nitrogens with one attached hydrogen (secondary N) is 1. The summed E-state index contributed by atoms with van der Waals surface area (Å²) >= 11 is 0. The van der Waals surface area contributed by atoms with Gasteiger partial charge in [0.1, 0.15) is 5.56 Å². The van der Waals surface area contributed by atoms with Crippen LogP contribution >= 0.6 is 0 Å². The number of hydrogen-bond acceptors (Lipinski definition) is 5. The molecular weight excluding hydrogens is 258 g/mol. The number of hydrogen-bond donors (Lipinski definition) is 2. The lowest BCUT2D eigenvalue weighted by atomic mass is 10.1. The van der Waals surface area contributed by atoms with E-state index >= 15 is 0 Å². The minimum absolute atomic E-state index is 0.166. The van der Waals surface area contributed by atoms with Gasteiger partial charge >= 0.3 is 5.97 Å². The number of aryl methyl sites for hydroxylation is 3. The number of carbonyl (C=O) groups is 1. The predicted octanol–water partition coefficient (Wildman–Crippen LogP) is 1.45. The Hall–Kier alpha value is -2.44. The maximum absolute atomic E-state index is 11.4. The van der Waals surface area contributed by atoms with E-state index in [9.17, 15) is 9.90 Å². The zero-order valence-corrected chi connectivity index (χ0v) is 11.9. The maximum Gasteiger partial charge on any atom is 0.339 e. The van der Waals surface area contributed by atoms with Crippen molar-refractivity contribution in [1.82, 2.24) is 20.0 Å². The molecule has 2 heterocycles. The van der Waals surface area contributed by atoms with Crippen LogP contribution < -0.4 is 5.32 Å². The maximum atomic E-state index is 11.4. The number of carboxylic acids is 1. The number of nitrogens with zero attached hydrogens (tertiary/aromatic N) is 4. The lowest BCUT2D eigenvalue weighted by Crippen LogP contribution is -2.13. The average Bonchev–Trinajstić information content (AvgIpc) is 2.68. The third kappa shape index (κ3) is 2.61. The molecule has 7 heteroatoms. The van der Waals surface area contributed by atoms with Crippen molar-refractivity contribution >= 4 is 11.8 Å². The molecule has 0 atom stereocenters. The summed E-state index contributed by atoms with van der Waals surface area (Å²) in [6.07, 6.45) is 1.89. The van der Waals surface area contributed by atoms with E-state index in [1.807, 2.05) is 20.2 Å². The van der Waals surface area contributed by atoms with Crippen molar-refractivity contribution in [1.29, 1.82) is 0 Å². The van der Waals surface area contributed by atoms with Gasteiger partial charge in [-0.1, -0.05) is 0 Å². The highest BCUT2D eigenvalue weighted by atomic mass is 16.4. The van der Waals surface area contributed by atoms with E-state index in [2.05, 4.69) is 20.6 Å². The number of aromatic nitrogens is 4. The second-order valence-electron chi connectivity index (χ2n) is 4.71. The van der Waals surface area contributed by atoms with E-state index in [4.69, 9.17) is 0 Å². The van der Waals surface area contributed by atoms with Gasteiger partial charge < -0.3 is 10.4 Å². The Bertz CT molecular complexity index is 663. The molecule has 0 saturated heterocycles. The highest BCUT2D eigenvalue weighted by molar-refractivity contribution is 5.94. The van der Waals surface area contributed by atoms with Crippen LogP contribution in [0.3, 0.4) is 0 Å². The molecule has 0 radical (unpaired) electrons. The molecule has 20 heavy (non-hydrogen) atoms. The van der Waals surface area contributed by atoms with Gasteiger partial charge in [-0.05, 0) is 26.3 Å². The average molecular weight is 275 g/mol. The fourth-order valence-corrected chi connectivity index (χ4v) is 2.00. The fourth-order valence-electron chi connectivity index (χ4n) is 2.00. The summed E-state index contributed by atoms with van der Waals surface area (Å²) in [7, 11) is 1.84. The highest BCUT2D eigenvalue weighted by Gasteiger charge is 2.17. The van der Waals surface area contributed by atoms with Gasteiger partial charge in [-0.25, -0.2) is 4.79 Å². The highest BCUT2D eigenvalue weighted by Crippen LogP contribution is 2.19. The molecule has 2 N–H and O–H groups in total. The topological polar surface area (TPSA) is 92.9 Å². The quantitative estimate of drug-likeness (QED) is 0.877. The summed E-state index contributed by atoms with van der Waals surface area (Å²) in [5.41, 5.74) is 3.29. The minimum Gasteiger partial charge on any atom is -0.478 e. The molecule has 2 aromatic heterocycles. The van der Waals surface area contributed by atoms with Crippen molar-refractivity contribution in [2.24, 2.45) is 7.05 Å². The summed E-state index contributed by atoms with van der Waals surface area (Å²) in [5.74, 6) is -0.727. The Balaban J connectivity index is 2.28. The normalized spacial score (nSPS) is 10.6. The van der Waals surface area contributed by atoms with Gasteiger partial charge in [-0.2, -0.15) is 10.2 Å². The van der Waals surface area contributed by atoms with E-state index in [1.54, 1.807) is 18.5 Å². The van der Waals surface area contributed by atoms with Crippen molar-refractivity contribution < 1.29 is 9.90 Å². The molecule has 0 aliphatic carbocycles. The number of rotatable bonds is 4. The zero-order chi connectivity index (χ0) is 14.9. The van der Waals surface area contributed by atoms with Gasteiger partial charge in [-0.15, -0.1) is 5.10 Å². The van der Waals surface area contributed by atoms with Crippen LogP contribution in [-0.2, 0) is 13.6 Å². The fraction of sp³-hybridized carbons (Fsp3) is 0.385. The molecule has 0 amide bonds. The second-order valence-corrected chi connectivity index (χ2v) is 4.71. The summed E-state index contributed by atoms with van der Waals surface area (Å²) in [5, 5.41) is 24.5. The van der Waals surface area contributed by atoms with E-state index in [0.29, 0.717) is 17.8 Å². The van der Waals surface area contributed by atoms with Gasteiger partial charge in [0, 0.05) is 25.4 Å². The molecule has 0 aliphatic rings. The molecule has 0 unspecified atom stereocenters. The van der Waals surface area contributed by atoms with E-state index in [1.165, 1.54) is 0 Å². The molecule has 0 spiro atoms. The summed E-state index contributed by atoms with van der Waals surface area (Å²) in [6, 6.07) is 0. The lowest BCUT2D eigenvalue weighted by molar-refractivity contribution is 0.0696. The molecule has 2 rings (SSSR count). The molecule has 2 aromatic rings. The van der Waals surface area contributed by atoms with E-state index in [0.717, 1.165) is 11.3 Å². The summed E-state index contributed by atoms with van der Waals surface area (Å²) < 4.78 is 1.72. The second kappa shape index (κ2) is 5.28. The first kappa shape index (κ1) is 14.0. The Kier molecular flexibility index (Phi) is 3.69. The van der Waals surface area contributed by atoms with Crippen molar-refractivity contribution in [2.45, 2.75) is 27.3 Å².